The van der Waals surface area contributed by atoms with Gasteiger partial charge in [-0.1, -0.05) is 22.0 Å². The van der Waals surface area contributed by atoms with Crippen LogP contribution in [0.4, 0.5) is 4.39 Å². The third kappa shape index (κ3) is 3.58. The van der Waals surface area contributed by atoms with Gasteiger partial charge in [0.1, 0.15) is 5.82 Å². The highest BCUT2D eigenvalue weighted by atomic mass is 79.9. The fraction of sp³-hybridized carbons (Fsp3) is 0.600. The third-order valence-corrected chi connectivity index (χ3v) is 4.73. The summed E-state index contributed by atoms with van der Waals surface area (Å²) in [6.07, 6.45) is 1.14. The van der Waals surface area contributed by atoms with E-state index in [4.69, 9.17) is 5.73 Å². The molecule has 0 aromatic heterocycles. The molecule has 0 aliphatic carbocycles. The van der Waals surface area contributed by atoms with Crippen LogP contribution in [0.25, 0.3) is 0 Å². The van der Waals surface area contributed by atoms with E-state index in [0.29, 0.717) is 12.6 Å². The molecule has 2 rings (SSSR count). The Morgan fingerprint density at radius 2 is 2.20 bits per heavy atom. The molecule has 20 heavy (non-hydrogen) atoms. The minimum absolute atomic E-state index is 0.131. The lowest BCUT2D eigenvalue weighted by Crippen LogP contribution is -2.43. The van der Waals surface area contributed by atoms with Crippen LogP contribution in [0, 0.1) is 5.82 Å². The fourth-order valence-corrected chi connectivity index (χ4v) is 3.68. The van der Waals surface area contributed by atoms with Crippen molar-refractivity contribution in [1.29, 1.82) is 0 Å². The Morgan fingerprint density at radius 1 is 1.45 bits per heavy atom. The van der Waals surface area contributed by atoms with Gasteiger partial charge in [-0.3, -0.25) is 4.90 Å². The van der Waals surface area contributed by atoms with Gasteiger partial charge in [-0.05, 0) is 44.6 Å². The molecule has 0 amide bonds. The molecule has 0 bridgehead atoms. The van der Waals surface area contributed by atoms with Gasteiger partial charge in [-0.25, -0.2) is 4.39 Å². The summed E-state index contributed by atoms with van der Waals surface area (Å²) in [5.74, 6) is -0.222. The number of halogens is 2. The van der Waals surface area contributed by atoms with Crippen LogP contribution in [0.5, 0.6) is 0 Å². The van der Waals surface area contributed by atoms with Gasteiger partial charge in [-0.15, -0.1) is 0 Å². The summed E-state index contributed by atoms with van der Waals surface area (Å²) in [5.41, 5.74) is 7.09. The van der Waals surface area contributed by atoms with Crippen LogP contribution in [0.2, 0.25) is 0 Å². The zero-order chi connectivity index (χ0) is 14.7. The number of nitrogens with two attached hydrogens (primary N) is 1. The molecule has 1 saturated heterocycles. The SMILES string of the molecule is CC1CN(C)CCCN1C(CN)c1ccc(F)cc1Br. The molecule has 2 unspecified atom stereocenters. The lowest BCUT2D eigenvalue weighted by Gasteiger charge is -2.35. The monoisotopic (exact) mass is 343 g/mol. The zero-order valence-corrected chi connectivity index (χ0v) is 13.7. The topological polar surface area (TPSA) is 32.5 Å². The average molecular weight is 344 g/mol. The first kappa shape index (κ1) is 15.9. The molecule has 5 heteroatoms. The maximum absolute atomic E-state index is 13.3. The van der Waals surface area contributed by atoms with Crippen LogP contribution >= 0.6 is 15.9 Å². The van der Waals surface area contributed by atoms with Gasteiger partial charge in [0.25, 0.3) is 0 Å². The van der Waals surface area contributed by atoms with E-state index in [1.54, 1.807) is 0 Å². The number of hydrogen-bond acceptors (Lipinski definition) is 3. The average Bonchev–Trinajstić information content (AvgIpc) is 2.54. The molecular formula is C15H23BrFN3. The molecule has 0 radical (unpaired) electrons. The smallest absolute Gasteiger partial charge is 0.124 e. The molecular weight excluding hydrogens is 321 g/mol. The van der Waals surface area contributed by atoms with Crippen LogP contribution in [0.15, 0.2) is 22.7 Å². The van der Waals surface area contributed by atoms with Crippen LogP contribution in [0.3, 0.4) is 0 Å². The van der Waals surface area contributed by atoms with Crippen LogP contribution in [-0.4, -0.2) is 49.1 Å². The highest BCUT2D eigenvalue weighted by Crippen LogP contribution is 2.30. The quantitative estimate of drug-likeness (QED) is 0.915. The van der Waals surface area contributed by atoms with Gasteiger partial charge < -0.3 is 10.6 Å². The molecule has 0 spiro atoms. The van der Waals surface area contributed by atoms with E-state index in [2.05, 4.69) is 39.7 Å². The van der Waals surface area contributed by atoms with Gasteiger partial charge in [0.2, 0.25) is 0 Å². The highest BCUT2D eigenvalue weighted by Gasteiger charge is 2.27. The lowest BCUT2D eigenvalue weighted by molar-refractivity contribution is 0.146. The van der Waals surface area contributed by atoms with Gasteiger partial charge in [0.05, 0.1) is 0 Å². The molecule has 1 fully saturated rings. The van der Waals surface area contributed by atoms with Crippen molar-refractivity contribution in [1.82, 2.24) is 9.80 Å². The van der Waals surface area contributed by atoms with Gasteiger partial charge in [-0.2, -0.15) is 0 Å². The van der Waals surface area contributed by atoms with Crippen molar-refractivity contribution in [3.63, 3.8) is 0 Å². The van der Waals surface area contributed by atoms with Gasteiger partial charge in [0.15, 0.2) is 0 Å². The Hall–Kier alpha value is -0.490. The Bertz CT molecular complexity index is 455. The number of likely N-dealkylation sites (N-methyl/N-ethyl adjacent to an activating group) is 1. The van der Waals surface area contributed by atoms with Crippen LogP contribution < -0.4 is 5.73 Å². The number of nitrogens with zero attached hydrogens (tertiary/aromatic N) is 2. The largest absolute Gasteiger partial charge is 0.329 e. The predicted molar refractivity (Wildman–Crippen MR) is 84.2 cm³/mol. The van der Waals surface area contributed by atoms with Crippen LogP contribution in [0.1, 0.15) is 24.9 Å². The molecule has 3 nitrogen and oxygen atoms in total. The molecule has 1 aliphatic rings. The van der Waals surface area contributed by atoms with Crippen molar-refractivity contribution in [3.05, 3.63) is 34.1 Å². The number of hydrogen-bond donors (Lipinski definition) is 1. The maximum Gasteiger partial charge on any atom is 0.124 e. The highest BCUT2D eigenvalue weighted by molar-refractivity contribution is 9.10. The predicted octanol–water partition coefficient (Wildman–Crippen LogP) is 2.61. The zero-order valence-electron chi connectivity index (χ0n) is 12.1. The molecule has 1 aromatic rings. The summed E-state index contributed by atoms with van der Waals surface area (Å²) < 4.78 is 14.1. The summed E-state index contributed by atoms with van der Waals surface area (Å²) in [7, 11) is 2.16. The summed E-state index contributed by atoms with van der Waals surface area (Å²) in [5, 5.41) is 0. The molecule has 1 aromatic carbocycles. The summed E-state index contributed by atoms with van der Waals surface area (Å²) in [4.78, 5) is 4.81. The normalized spacial score (nSPS) is 23.6. The minimum atomic E-state index is -0.222. The summed E-state index contributed by atoms with van der Waals surface area (Å²) in [6, 6.07) is 5.45. The van der Waals surface area contributed by atoms with E-state index in [1.807, 2.05) is 6.07 Å². The second kappa shape index (κ2) is 6.98. The summed E-state index contributed by atoms with van der Waals surface area (Å²) >= 11 is 3.47. The number of rotatable bonds is 3. The third-order valence-electron chi connectivity index (χ3n) is 4.04. The van der Waals surface area contributed by atoms with Crippen molar-refractivity contribution >= 4 is 15.9 Å². The van der Waals surface area contributed by atoms with Gasteiger partial charge in [0, 0.05) is 36.2 Å². The first-order valence-electron chi connectivity index (χ1n) is 7.12. The first-order valence-corrected chi connectivity index (χ1v) is 7.91. The molecule has 2 atom stereocenters. The van der Waals surface area contributed by atoms with E-state index in [0.717, 1.165) is 36.1 Å². The van der Waals surface area contributed by atoms with Crippen molar-refractivity contribution in [2.45, 2.75) is 25.4 Å². The van der Waals surface area contributed by atoms with E-state index in [1.165, 1.54) is 12.1 Å². The summed E-state index contributed by atoms with van der Waals surface area (Å²) in [6.45, 7) is 5.95. The fourth-order valence-electron chi connectivity index (χ4n) is 3.07. The van der Waals surface area contributed by atoms with E-state index < -0.39 is 0 Å². The first-order chi connectivity index (χ1) is 9.52. The molecule has 2 N–H and O–H groups in total. The molecule has 0 saturated carbocycles. The Balaban J connectivity index is 2.26. The van der Waals surface area contributed by atoms with Crippen molar-refractivity contribution in [2.75, 3.05) is 33.2 Å². The standard InChI is InChI=1S/C15H23BrFN3/c1-11-10-19(2)6-3-7-20(11)15(9-18)13-5-4-12(17)8-14(13)16/h4-5,8,11,15H,3,6-7,9-10,18H2,1-2H3. The lowest BCUT2D eigenvalue weighted by atomic mass is 10.0. The van der Waals surface area contributed by atoms with Crippen molar-refractivity contribution in [2.24, 2.45) is 5.73 Å². The van der Waals surface area contributed by atoms with E-state index >= 15 is 0 Å². The van der Waals surface area contributed by atoms with Crippen molar-refractivity contribution in [3.8, 4) is 0 Å². The molecule has 1 aliphatic heterocycles. The molecule has 112 valence electrons. The van der Waals surface area contributed by atoms with E-state index in [9.17, 15) is 4.39 Å². The Morgan fingerprint density at radius 3 is 2.85 bits per heavy atom. The molecule has 1 heterocycles. The Kier molecular flexibility index (Phi) is 5.55. The Labute approximate surface area is 129 Å². The van der Waals surface area contributed by atoms with E-state index in [-0.39, 0.29) is 11.9 Å². The van der Waals surface area contributed by atoms with Gasteiger partial charge >= 0.3 is 0 Å². The second-order valence-corrected chi connectivity index (χ2v) is 6.47. The maximum atomic E-state index is 13.3. The van der Waals surface area contributed by atoms with Crippen LogP contribution in [-0.2, 0) is 0 Å². The van der Waals surface area contributed by atoms with Crippen molar-refractivity contribution < 1.29 is 4.39 Å². The minimum Gasteiger partial charge on any atom is -0.329 e. The second-order valence-electron chi connectivity index (χ2n) is 5.62. The number of benzene rings is 1.